The molecular weight excluding hydrogens is 303 g/mol. The Balaban J connectivity index is 2.52. The molecule has 0 aliphatic rings. The van der Waals surface area contributed by atoms with E-state index in [0.717, 1.165) is 6.92 Å². The van der Waals surface area contributed by atoms with Gasteiger partial charge in [0.2, 0.25) is 0 Å². The summed E-state index contributed by atoms with van der Waals surface area (Å²) in [6.07, 6.45) is -6.37. The largest absolute Gasteiger partial charge is 0.480 e. The van der Waals surface area contributed by atoms with Crippen LogP contribution in [0.15, 0.2) is 30.3 Å². The Bertz CT molecular complexity index is 505. The van der Waals surface area contributed by atoms with Crippen LogP contribution in [0.3, 0.4) is 0 Å². The number of aliphatic carboxylic acids is 1. The quantitative estimate of drug-likeness (QED) is 0.845. The molecule has 0 aliphatic heterocycles. The van der Waals surface area contributed by atoms with Crippen LogP contribution in [0.25, 0.3) is 0 Å². The summed E-state index contributed by atoms with van der Waals surface area (Å²) >= 11 is 0. The van der Waals surface area contributed by atoms with Gasteiger partial charge in [-0.15, -0.1) is 0 Å². The lowest BCUT2D eigenvalue weighted by atomic mass is 10.0. The monoisotopic (exact) mass is 319 g/mol. The second-order valence-corrected chi connectivity index (χ2v) is 4.78. The highest BCUT2D eigenvalue weighted by Crippen LogP contribution is 2.29. The number of halogens is 3. The number of carboxylic acid groups (broad SMARTS) is 1. The average molecular weight is 319 g/mol. The van der Waals surface area contributed by atoms with E-state index in [2.05, 4.69) is 0 Å². The smallest absolute Gasteiger partial charge is 0.408 e. The molecule has 2 N–H and O–H groups in total. The number of hydrogen-bond acceptors (Lipinski definition) is 3. The molecule has 0 radical (unpaired) electrons. The fourth-order valence-corrected chi connectivity index (χ4v) is 1.62. The van der Waals surface area contributed by atoms with Gasteiger partial charge in [-0.25, -0.2) is 9.59 Å². The van der Waals surface area contributed by atoms with Crippen molar-refractivity contribution < 1.29 is 32.6 Å². The van der Waals surface area contributed by atoms with Gasteiger partial charge in [-0.2, -0.15) is 13.2 Å². The van der Waals surface area contributed by atoms with E-state index in [4.69, 9.17) is 9.84 Å². The zero-order valence-electron chi connectivity index (χ0n) is 11.8. The first-order valence-corrected chi connectivity index (χ1v) is 6.47. The Morgan fingerprint density at radius 2 is 1.86 bits per heavy atom. The first-order valence-electron chi connectivity index (χ1n) is 6.47. The van der Waals surface area contributed by atoms with Crippen LogP contribution >= 0.6 is 0 Å². The van der Waals surface area contributed by atoms with Gasteiger partial charge in [0.15, 0.2) is 0 Å². The highest BCUT2D eigenvalue weighted by molar-refractivity contribution is 5.79. The Morgan fingerprint density at radius 1 is 1.27 bits per heavy atom. The summed E-state index contributed by atoms with van der Waals surface area (Å²) in [5.41, 5.74) is 0.674. The summed E-state index contributed by atoms with van der Waals surface area (Å²) in [5, 5.41) is 10.8. The Kier molecular flexibility index (Phi) is 6.21. The summed E-state index contributed by atoms with van der Waals surface area (Å²) in [5.74, 6) is -3.41. The number of hydrogen-bond donors (Lipinski definition) is 2. The van der Waals surface area contributed by atoms with Gasteiger partial charge in [-0.1, -0.05) is 37.3 Å². The first-order chi connectivity index (χ1) is 10.2. The molecule has 0 aliphatic carbocycles. The molecule has 0 aromatic heterocycles. The number of alkyl halides is 3. The second-order valence-electron chi connectivity index (χ2n) is 4.78. The molecule has 0 bridgehead atoms. The minimum Gasteiger partial charge on any atom is -0.480 e. The maximum absolute atomic E-state index is 12.4. The third kappa shape index (κ3) is 6.02. The fourth-order valence-electron chi connectivity index (χ4n) is 1.62. The van der Waals surface area contributed by atoms with Crippen molar-refractivity contribution in [1.82, 2.24) is 5.32 Å². The molecule has 1 rings (SSSR count). The van der Waals surface area contributed by atoms with Crippen LogP contribution in [0.4, 0.5) is 18.0 Å². The van der Waals surface area contributed by atoms with Gasteiger partial charge in [0.25, 0.3) is 0 Å². The average Bonchev–Trinajstić information content (AvgIpc) is 2.44. The number of amides is 1. The van der Waals surface area contributed by atoms with Gasteiger partial charge in [-0.05, 0) is 12.0 Å². The third-order valence-electron chi connectivity index (χ3n) is 2.95. The van der Waals surface area contributed by atoms with Crippen molar-refractivity contribution in [1.29, 1.82) is 0 Å². The summed E-state index contributed by atoms with van der Waals surface area (Å²) in [6.45, 7) is 0.751. The van der Waals surface area contributed by atoms with Crippen LogP contribution < -0.4 is 5.32 Å². The molecule has 1 aromatic rings. The van der Waals surface area contributed by atoms with E-state index >= 15 is 0 Å². The molecule has 0 saturated carbocycles. The van der Waals surface area contributed by atoms with E-state index in [1.165, 1.54) is 0 Å². The third-order valence-corrected chi connectivity index (χ3v) is 2.95. The predicted molar refractivity (Wildman–Crippen MR) is 71.0 cm³/mol. The molecule has 2 atom stereocenters. The molecule has 122 valence electrons. The van der Waals surface area contributed by atoms with Crippen LogP contribution in [0.5, 0.6) is 0 Å². The Morgan fingerprint density at radius 3 is 2.36 bits per heavy atom. The molecule has 0 saturated heterocycles. The van der Waals surface area contributed by atoms with Gasteiger partial charge < -0.3 is 15.2 Å². The van der Waals surface area contributed by atoms with E-state index in [9.17, 15) is 22.8 Å². The maximum Gasteiger partial charge on any atom is 0.408 e. The fraction of sp³-hybridized carbons (Fsp3) is 0.429. The maximum atomic E-state index is 12.4. The summed E-state index contributed by atoms with van der Waals surface area (Å²) < 4.78 is 42.1. The number of carboxylic acids is 1. The van der Waals surface area contributed by atoms with Crippen LogP contribution in [-0.4, -0.2) is 29.4 Å². The second kappa shape index (κ2) is 7.67. The van der Waals surface area contributed by atoms with Crippen molar-refractivity contribution in [3.05, 3.63) is 35.9 Å². The minimum atomic E-state index is -4.52. The summed E-state index contributed by atoms with van der Waals surface area (Å²) in [6, 6.07) is 6.92. The lowest BCUT2D eigenvalue weighted by Gasteiger charge is -2.20. The van der Waals surface area contributed by atoms with Crippen LogP contribution in [0, 0.1) is 5.92 Å². The molecule has 0 heterocycles. The predicted octanol–water partition coefficient (Wildman–Crippen LogP) is 2.95. The van der Waals surface area contributed by atoms with E-state index in [-0.39, 0.29) is 6.61 Å². The lowest BCUT2D eigenvalue weighted by Crippen LogP contribution is -2.43. The normalized spacial score (nSPS) is 14.0. The molecule has 8 heteroatoms. The number of carbonyl (C=O) groups is 2. The van der Waals surface area contributed by atoms with Crippen molar-refractivity contribution in [2.24, 2.45) is 5.92 Å². The topological polar surface area (TPSA) is 75.6 Å². The van der Waals surface area contributed by atoms with Gasteiger partial charge in [-0.3, -0.25) is 0 Å². The molecule has 5 nitrogen and oxygen atoms in total. The van der Waals surface area contributed by atoms with Crippen molar-refractivity contribution in [3.63, 3.8) is 0 Å². The highest BCUT2D eigenvalue weighted by atomic mass is 19.4. The van der Waals surface area contributed by atoms with Crippen LogP contribution in [0.2, 0.25) is 0 Å². The van der Waals surface area contributed by atoms with Crippen LogP contribution in [-0.2, 0) is 16.1 Å². The molecule has 0 fully saturated rings. The van der Waals surface area contributed by atoms with E-state index in [1.807, 2.05) is 5.32 Å². The zero-order chi connectivity index (χ0) is 16.8. The number of alkyl carbamates (subject to hydrolysis) is 1. The molecule has 0 spiro atoms. The lowest BCUT2D eigenvalue weighted by molar-refractivity contribution is -0.174. The number of rotatable bonds is 6. The van der Waals surface area contributed by atoms with Crippen LogP contribution in [0.1, 0.15) is 18.9 Å². The zero-order valence-corrected chi connectivity index (χ0v) is 11.8. The molecular formula is C14H16F3NO4. The number of carbonyl (C=O) groups excluding carboxylic acids is 1. The first kappa shape index (κ1) is 17.8. The van der Waals surface area contributed by atoms with E-state index in [1.54, 1.807) is 30.3 Å². The van der Waals surface area contributed by atoms with Crippen molar-refractivity contribution >= 4 is 12.1 Å². The molecule has 0 unspecified atom stereocenters. The van der Waals surface area contributed by atoms with Crippen molar-refractivity contribution in [2.45, 2.75) is 32.2 Å². The molecule has 1 aromatic carbocycles. The Hall–Kier alpha value is -2.25. The van der Waals surface area contributed by atoms with Gasteiger partial charge in [0, 0.05) is 0 Å². The highest BCUT2D eigenvalue weighted by Gasteiger charge is 2.39. The number of ether oxygens (including phenoxy) is 1. The van der Waals surface area contributed by atoms with E-state index < -0.39 is 36.6 Å². The summed E-state index contributed by atoms with van der Waals surface area (Å²) in [4.78, 5) is 22.4. The van der Waals surface area contributed by atoms with Crippen molar-refractivity contribution in [2.75, 3.05) is 0 Å². The van der Waals surface area contributed by atoms with Gasteiger partial charge >= 0.3 is 18.2 Å². The van der Waals surface area contributed by atoms with Gasteiger partial charge in [0.05, 0.1) is 5.92 Å². The summed E-state index contributed by atoms with van der Waals surface area (Å²) in [7, 11) is 0. The van der Waals surface area contributed by atoms with Crippen molar-refractivity contribution in [3.8, 4) is 0 Å². The molecule has 22 heavy (non-hydrogen) atoms. The standard InChI is InChI=1S/C14H16F3NO4/c1-9(14(15,16)17)7-11(12(19)20)18-13(21)22-8-10-5-3-2-4-6-10/h2-6,9,11H,7-8H2,1H3,(H,18,21)(H,19,20)/t9-,11-/m0/s1. The minimum absolute atomic E-state index is 0.103. The number of nitrogens with one attached hydrogen (secondary N) is 1. The van der Waals surface area contributed by atoms with E-state index in [0.29, 0.717) is 5.56 Å². The number of benzene rings is 1. The molecule has 1 amide bonds. The Labute approximate surface area is 125 Å². The van der Waals surface area contributed by atoms with Gasteiger partial charge in [0.1, 0.15) is 12.6 Å². The SMILES string of the molecule is C[C@@H](C[C@H](NC(=O)OCc1ccccc1)C(=O)O)C(F)(F)F.